The zero-order chi connectivity index (χ0) is 14.3. The molecule has 0 bridgehead atoms. The summed E-state index contributed by atoms with van der Waals surface area (Å²) in [5.41, 5.74) is 0.0430. The molecule has 0 fully saturated rings. The first kappa shape index (κ1) is 16.1. The Morgan fingerprint density at radius 1 is 1.21 bits per heavy atom. The Labute approximate surface area is 114 Å². The van der Waals surface area contributed by atoms with Crippen molar-refractivity contribution in [3.8, 4) is 0 Å². The molecule has 2 nitrogen and oxygen atoms in total. The van der Waals surface area contributed by atoms with Crippen LogP contribution < -0.4 is 5.32 Å². The summed E-state index contributed by atoms with van der Waals surface area (Å²) in [7, 11) is 0. The van der Waals surface area contributed by atoms with Gasteiger partial charge in [-0.1, -0.05) is 44.2 Å². The molecule has 0 aliphatic carbocycles. The molecule has 0 heterocycles. The molecule has 0 amide bonds. The first-order valence-corrected chi connectivity index (χ1v) is 6.72. The molecule has 0 saturated carbocycles. The number of ether oxygens (including phenoxy) is 1. The molecule has 0 aromatic heterocycles. The maximum absolute atomic E-state index is 14.0. The van der Waals surface area contributed by atoms with E-state index in [1.807, 2.05) is 20.8 Å². The molecule has 1 unspecified atom stereocenters. The molecule has 1 rings (SSSR count). The summed E-state index contributed by atoms with van der Waals surface area (Å²) in [5, 5.41) is 2.92. The van der Waals surface area contributed by atoms with Gasteiger partial charge in [0.15, 0.2) is 0 Å². The molecule has 0 aliphatic rings. The third-order valence-electron chi connectivity index (χ3n) is 3.09. The van der Waals surface area contributed by atoms with Crippen LogP contribution in [-0.4, -0.2) is 25.8 Å². The topological polar surface area (TPSA) is 21.3 Å². The van der Waals surface area contributed by atoms with E-state index in [2.05, 4.69) is 5.32 Å². The largest absolute Gasteiger partial charge is 0.380 e. The van der Waals surface area contributed by atoms with Gasteiger partial charge in [-0.25, -0.2) is 0 Å². The Morgan fingerprint density at radius 3 is 2.37 bits per heavy atom. The van der Waals surface area contributed by atoms with E-state index in [4.69, 9.17) is 4.74 Å². The van der Waals surface area contributed by atoms with Crippen molar-refractivity contribution in [1.29, 1.82) is 0 Å². The molecule has 19 heavy (non-hydrogen) atoms. The number of hydrogen-bond donors (Lipinski definition) is 1. The fourth-order valence-electron chi connectivity index (χ4n) is 1.78. The Hall–Kier alpha value is -1.00. The molecule has 0 radical (unpaired) electrons. The smallest absolute Gasteiger partial charge is 0.285 e. The number of halogens is 2. The van der Waals surface area contributed by atoms with E-state index < -0.39 is 5.92 Å². The van der Waals surface area contributed by atoms with E-state index >= 15 is 0 Å². The van der Waals surface area contributed by atoms with Crippen molar-refractivity contribution in [2.75, 3.05) is 19.8 Å². The minimum absolute atomic E-state index is 0.0430. The number of rotatable bonds is 8. The quantitative estimate of drug-likeness (QED) is 0.782. The highest BCUT2D eigenvalue weighted by atomic mass is 19.3. The summed E-state index contributed by atoms with van der Waals surface area (Å²) in [6.45, 7) is 6.58. The van der Waals surface area contributed by atoms with Gasteiger partial charge in [-0.15, -0.1) is 0 Å². The molecular weight excluding hydrogens is 248 g/mol. The van der Waals surface area contributed by atoms with Crippen LogP contribution in [0.3, 0.4) is 0 Å². The molecule has 0 saturated heterocycles. The van der Waals surface area contributed by atoms with Crippen LogP contribution in [0.15, 0.2) is 30.3 Å². The first-order chi connectivity index (χ1) is 8.97. The monoisotopic (exact) mass is 271 g/mol. The minimum Gasteiger partial charge on any atom is -0.380 e. The summed E-state index contributed by atoms with van der Waals surface area (Å²) in [6.07, 6.45) is 0. The maximum Gasteiger partial charge on any atom is 0.285 e. The second-order valence-corrected chi connectivity index (χ2v) is 4.96. The van der Waals surface area contributed by atoms with Crippen LogP contribution in [0.5, 0.6) is 0 Å². The summed E-state index contributed by atoms with van der Waals surface area (Å²) in [5.74, 6) is -2.61. The van der Waals surface area contributed by atoms with Gasteiger partial charge in [-0.2, -0.15) is 8.78 Å². The van der Waals surface area contributed by atoms with E-state index in [1.165, 1.54) is 12.1 Å². The van der Waals surface area contributed by atoms with Gasteiger partial charge in [0.1, 0.15) is 0 Å². The van der Waals surface area contributed by atoms with Crippen LogP contribution in [0, 0.1) is 5.92 Å². The van der Waals surface area contributed by atoms with Crippen LogP contribution in [0.4, 0.5) is 8.78 Å². The van der Waals surface area contributed by atoms with Crippen LogP contribution in [-0.2, 0) is 10.7 Å². The van der Waals surface area contributed by atoms with E-state index in [-0.39, 0.29) is 24.1 Å². The third-order valence-corrected chi connectivity index (χ3v) is 3.09. The molecule has 1 N–H and O–H groups in total. The van der Waals surface area contributed by atoms with Gasteiger partial charge >= 0.3 is 0 Å². The Kier molecular flexibility index (Phi) is 6.38. The maximum atomic E-state index is 14.0. The zero-order valence-corrected chi connectivity index (χ0v) is 11.8. The van der Waals surface area contributed by atoms with Crippen LogP contribution in [0.1, 0.15) is 26.3 Å². The SMILES string of the molecule is CCOCC(NCC(F)(F)c1ccccc1)C(C)C. The number of hydrogen-bond acceptors (Lipinski definition) is 2. The highest BCUT2D eigenvalue weighted by molar-refractivity contribution is 5.20. The molecule has 0 spiro atoms. The molecule has 108 valence electrons. The number of nitrogens with one attached hydrogen (secondary N) is 1. The van der Waals surface area contributed by atoms with Crippen molar-refractivity contribution < 1.29 is 13.5 Å². The standard InChI is InChI=1S/C15H23F2NO/c1-4-19-10-14(12(2)3)18-11-15(16,17)13-8-6-5-7-9-13/h5-9,12,14,18H,4,10-11H2,1-3H3. The minimum atomic E-state index is -2.86. The van der Waals surface area contributed by atoms with Crippen molar-refractivity contribution in [3.05, 3.63) is 35.9 Å². The summed E-state index contributed by atoms with van der Waals surface area (Å²) >= 11 is 0. The molecule has 1 atom stereocenters. The van der Waals surface area contributed by atoms with Crippen molar-refractivity contribution in [2.24, 2.45) is 5.92 Å². The van der Waals surface area contributed by atoms with E-state index in [9.17, 15) is 8.78 Å². The molecule has 0 aliphatic heterocycles. The Bertz CT molecular complexity index is 354. The highest BCUT2D eigenvalue weighted by Gasteiger charge is 2.32. The summed E-state index contributed by atoms with van der Waals surface area (Å²) in [4.78, 5) is 0. The summed E-state index contributed by atoms with van der Waals surface area (Å²) in [6, 6.07) is 7.84. The number of benzene rings is 1. The van der Waals surface area contributed by atoms with E-state index in [1.54, 1.807) is 18.2 Å². The molecule has 1 aromatic rings. The first-order valence-electron chi connectivity index (χ1n) is 6.72. The lowest BCUT2D eigenvalue weighted by Gasteiger charge is -2.25. The van der Waals surface area contributed by atoms with Gasteiger partial charge in [-0.05, 0) is 12.8 Å². The van der Waals surface area contributed by atoms with Crippen molar-refractivity contribution in [1.82, 2.24) is 5.32 Å². The van der Waals surface area contributed by atoms with Gasteiger partial charge in [0, 0.05) is 18.2 Å². The van der Waals surface area contributed by atoms with Crippen LogP contribution in [0.25, 0.3) is 0 Å². The predicted molar refractivity (Wildman–Crippen MR) is 73.5 cm³/mol. The van der Waals surface area contributed by atoms with Gasteiger partial charge < -0.3 is 10.1 Å². The average Bonchev–Trinajstić information content (AvgIpc) is 2.39. The van der Waals surface area contributed by atoms with E-state index in [0.717, 1.165) is 0 Å². The number of alkyl halides is 2. The lowest BCUT2D eigenvalue weighted by atomic mass is 10.0. The fraction of sp³-hybridized carbons (Fsp3) is 0.600. The second-order valence-electron chi connectivity index (χ2n) is 4.96. The molecule has 4 heteroatoms. The summed E-state index contributed by atoms with van der Waals surface area (Å²) < 4.78 is 33.3. The highest BCUT2D eigenvalue weighted by Crippen LogP contribution is 2.27. The van der Waals surface area contributed by atoms with Crippen LogP contribution >= 0.6 is 0 Å². The fourth-order valence-corrected chi connectivity index (χ4v) is 1.78. The zero-order valence-electron chi connectivity index (χ0n) is 11.8. The van der Waals surface area contributed by atoms with Crippen molar-refractivity contribution >= 4 is 0 Å². The van der Waals surface area contributed by atoms with Crippen molar-refractivity contribution in [2.45, 2.75) is 32.7 Å². The predicted octanol–water partition coefficient (Wildman–Crippen LogP) is 3.43. The Balaban J connectivity index is 2.57. The van der Waals surface area contributed by atoms with Gasteiger partial charge in [-0.3, -0.25) is 0 Å². The lowest BCUT2D eigenvalue weighted by molar-refractivity contribution is -0.0114. The van der Waals surface area contributed by atoms with Crippen molar-refractivity contribution in [3.63, 3.8) is 0 Å². The van der Waals surface area contributed by atoms with Gasteiger partial charge in [0.05, 0.1) is 13.2 Å². The average molecular weight is 271 g/mol. The normalized spacial score (nSPS) is 13.8. The van der Waals surface area contributed by atoms with Crippen LogP contribution in [0.2, 0.25) is 0 Å². The molecule has 1 aromatic carbocycles. The molecular formula is C15H23F2NO. The second kappa shape index (κ2) is 7.56. The third kappa shape index (κ3) is 5.25. The lowest BCUT2D eigenvalue weighted by Crippen LogP contribution is -2.43. The van der Waals surface area contributed by atoms with E-state index in [0.29, 0.717) is 13.2 Å². The van der Waals surface area contributed by atoms with Gasteiger partial charge in [0.2, 0.25) is 0 Å². The Morgan fingerprint density at radius 2 is 1.84 bits per heavy atom. The van der Waals surface area contributed by atoms with Gasteiger partial charge in [0.25, 0.3) is 5.92 Å².